The van der Waals surface area contributed by atoms with E-state index in [1.807, 2.05) is 0 Å². The summed E-state index contributed by atoms with van der Waals surface area (Å²) in [6.45, 7) is 0. The lowest BCUT2D eigenvalue weighted by molar-refractivity contribution is 0.383. The summed E-state index contributed by atoms with van der Waals surface area (Å²) in [4.78, 5) is 0. The minimum atomic E-state index is -0.558. The lowest BCUT2D eigenvalue weighted by Gasteiger charge is -2.07. The van der Waals surface area contributed by atoms with Crippen LogP contribution in [0.1, 0.15) is 5.56 Å². The molecule has 66 valence electrons. The average molecular weight is 209 g/mol. The Balaban J connectivity index is 3.25. The molecule has 1 nitrogen and oxygen atoms in total. The molecule has 0 radical (unpaired) electrons. The minimum Gasteiger partial charge on any atom is -0.493 e. The molecule has 0 saturated heterocycles. The van der Waals surface area contributed by atoms with Crippen molar-refractivity contribution >= 4 is 23.2 Å². The predicted molar refractivity (Wildman–Crippen MR) is 47.5 cm³/mol. The summed E-state index contributed by atoms with van der Waals surface area (Å²) in [6, 6.07) is 3.09. The third-order valence-electron chi connectivity index (χ3n) is 1.48. The molecule has 0 amide bonds. The van der Waals surface area contributed by atoms with Crippen LogP contribution in [0.3, 0.4) is 0 Å². The summed E-state index contributed by atoms with van der Waals surface area (Å²) in [7, 11) is 1.38. The molecule has 0 N–H and O–H groups in total. The molecule has 0 unspecified atom stereocenters. The van der Waals surface area contributed by atoms with Gasteiger partial charge in [0.15, 0.2) is 11.6 Å². The second-order valence-electron chi connectivity index (χ2n) is 2.19. The molecule has 0 aliphatic rings. The van der Waals surface area contributed by atoms with Crippen LogP contribution in [0.25, 0.3) is 0 Å². The lowest BCUT2D eigenvalue weighted by atomic mass is 10.2. The Bertz CT molecular complexity index is 289. The highest BCUT2D eigenvalue weighted by Gasteiger charge is 2.11. The number of halogens is 3. The lowest BCUT2D eigenvalue weighted by Crippen LogP contribution is -1.93. The first-order chi connectivity index (χ1) is 5.70. The molecule has 0 aliphatic heterocycles. The second-order valence-corrected chi connectivity index (χ2v) is 2.86. The van der Waals surface area contributed by atoms with E-state index in [0.717, 1.165) is 0 Å². The van der Waals surface area contributed by atoms with Crippen molar-refractivity contribution in [1.29, 1.82) is 0 Å². The van der Waals surface area contributed by atoms with E-state index >= 15 is 0 Å². The van der Waals surface area contributed by atoms with Crippen LogP contribution in [0.2, 0.25) is 5.02 Å². The summed E-state index contributed by atoms with van der Waals surface area (Å²) in [5.74, 6) is -0.230. The first kappa shape index (κ1) is 9.62. The standard InChI is InChI=1S/C8H7Cl2FO/c1-12-8-5(4-9)2-3-6(10)7(8)11/h2-3H,4H2,1H3. The Labute approximate surface area is 80.0 Å². The van der Waals surface area contributed by atoms with Crippen LogP contribution in [0.15, 0.2) is 12.1 Å². The maximum atomic E-state index is 13.1. The van der Waals surface area contributed by atoms with E-state index < -0.39 is 5.82 Å². The van der Waals surface area contributed by atoms with E-state index in [2.05, 4.69) is 0 Å². The first-order valence-corrected chi connectivity index (χ1v) is 4.18. The molecule has 0 fully saturated rings. The molecule has 0 atom stereocenters. The molecule has 1 rings (SSSR count). The third-order valence-corrected chi connectivity index (χ3v) is 2.06. The zero-order valence-electron chi connectivity index (χ0n) is 6.40. The topological polar surface area (TPSA) is 9.23 Å². The van der Waals surface area contributed by atoms with Gasteiger partial charge in [0.25, 0.3) is 0 Å². The molecule has 0 aromatic heterocycles. The summed E-state index contributed by atoms with van der Waals surface area (Å²) < 4.78 is 17.9. The molecule has 0 heterocycles. The fraction of sp³-hybridized carbons (Fsp3) is 0.250. The van der Waals surface area contributed by atoms with Crippen LogP contribution in [-0.2, 0) is 5.88 Å². The van der Waals surface area contributed by atoms with Crippen molar-refractivity contribution in [3.05, 3.63) is 28.5 Å². The molecular weight excluding hydrogens is 202 g/mol. The normalized spacial score (nSPS) is 10.0. The van der Waals surface area contributed by atoms with Crippen LogP contribution in [0, 0.1) is 5.82 Å². The van der Waals surface area contributed by atoms with Gasteiger partial charge in [-0.2, -0.15) is 0 Å². The molecule has 1 aromatic carbocycles. The van der Waals surface area contributed by atoms with Gasteiger partial charge in [-0.15, -0.1) is 11.6 Å². The van der Waals surface area contributed by atoms with Crippen molar-refractivity contribution < 1.29 is 9.13 Å². The maximum absolute atomic E-state index is 13.1. The Morgan fingerprint density at radius 2 is 2.17 bits per heavy atom. The molecule has 0 aliphatic carbocycles. The quantitative estimate of drug-likeness (QED) is 0.679. The van der Waals surface area contributed by atoms with Crippen molar-refractivity contribution in [2.75, 3.05) is 7.11 Å². The number of hydrogen-bond donors (Lipinski definition) is 0. The highest BCUT2D eigenvalue weighted by molar-refractivity contribution is 6.31. The van der Waals surface area contributed by atoms with Gasteiger partial charge in [0.2, 0.25) is 0 Å². The van der Waals surface area contributed by atoms with Gasteiger partial charge < -0.3 is 4.74 Å². The smallest absolute Gasteiger partial charge is 0.183 e. The van der Waals surface area contributed by atoms with Gasteiger partial charge in [-0.1, -0.05) is 17.7 Å². The maximum Gasteiger partial charge on any atom is 0.183 e. The molecule has 4 heteroatoms. The van der Waals surface area contributed by atoms with Crippen molar-refractivity contribution in [3.8, 4) is 5.75 Å². The molecular formula is C8H7Cl2FO. The van der Waals surface area contributed by atoms with Gasteiger partial charge in [0, 0.05) is 5.56 Å². The van der Waals surface area contributed by atoms with Crippen LogP contribution in [0.5, 0.6) is 5.75 Å². The van der Waals surface area contributed by atoms with Gasteiger partial charge in [0.1, 0.15) is 0 Å². The van der Waals surface area contributed by atoms with Gasteiger partial charge in [-0.05, 0) is 6.07 Å². The number of benzene rings is 1. The SMILES string of the molecule is COc1c(CCl)ccc(Cl)c1F. The largest absolute Gasteiger partial charge is 0.493 e. The Morgan fingerprint density at radius 1 is 1.50 bits per heavy atom. The van der Waals surface area contributed by atoms with E-state index in [-0.39, 0.29) is 16.7 Å². The van der Waals surface area contributed by atoms with E-state index in [1.54, 1.807) is 6.07 Å². The number of rotatable bonds is 2. The average Bonchev–Trinajstić information content (AvgIpc) is 2.09. The van der Waals surface area contributed by atoms with Crippen LogP contribution in [-0.4, -0.2) is 7.11 Å². The summed E-state index contributed by atoms with van der Waals surface area (Å²) >= 11 is 11.1. The van der Waals surface area contributed by atoms with Crippen LogP contribution >= 0.6 is 23.2 Å². The fourth-order valence-corrected chi connectivity index (χ4v) is 1.26. The molecule has 0 spiro atoms. The number of alkyl halides is 1. The van der Waals surface area contributed by atoms with Crippen LogP contribution in [0.4, 0.5) is 4.39 Å². The second kappa shape index (κ2) is 3.97. The van der Waals surface area contributed by atoms with Gasteiger partial charge in [-0.3, -0.25) is 0 Å². The summed E-state index contributed by atoms with van der Waals surface area (Å²) in [5, 5.41) is 0.0423. The highest BCUT2D eigenvalue weighted by Crippen LogP contribution is 2.29. The zero-order chi connectivity index (χ0) is 9.14. The molecule has 1 aromatic rings. The highest BCUT2D eigenvalue weighted by atomic mass is 35.5. The predicted octanol–water partition coefficient (Wildman–Crippen LogP) is 3.23. The van der Waals surface area contributed by atoms with Crippen LogP contribution < -0.4 is 4.74 Å². The van der Waals surface area contributed by atoms with E-state index in [0.29, 0.717) is 5.56 Å². The minimum absolute atomic E-state index is 0.0423. The number of hydrogen-bond acceptors (Lipinski definition) is 1. The van der Waals surface area contributed by atoms with Crippen molar-refractivity contribution in [3.63, 3.8) is 0 Å². The summed E-state index contributed by atoms with van der Waals surface area (Å²) in [5.41, 5.74) is 0.598. The Kier molecular flexibility index (Phi) is 3.18. The molecule has 0 saturated carbocycles. The van der Waals surface area contributed by atoms with Gasteiger partial charge >= 0.3 is 0 Å². The van der Waals surface area contributed by atoms with Crippen molar-refractivity contribution in [1.82, 2.24) is 0 Å². The number of methoxy groups -OCH3 is 1. The van der Waals surface area contributed by atoms with E-state index in [9.17, 15) is 4.39 Å². The molecule has 12 heavy (non-hydrogen) atoms. The number of ether oxygens (including phenoxy) is 1. The van der Waals surface area contributed by atoms with Crippen molar-refractivity contribution in [2.45, 2.75) is 5.88 Å². The van der Waals surface area contributed by atoms with Gasteiger partial charge in [-0.25, -0.2) is 4.39 Å². The monoisotopic (exact) mass is 208 g/mol. The van der Waals surface area contributed by atoms with E-state index in [4.69, 9.17) is 27.9 Å². The van der Waals surface area contributed by atoms with Gasteiger partial charge in [0.05, 0.1) is 18.0 Å². The van der Waals surface area contributed by atoms with Crippen molar-refractivity contribution in [2.24, 2.45) is 0 Å². The third kappa shape index (κ3) is 1.65. The van der Waals surface area contributed by atoms with E-state index in [1.165, 1.54) is 13.2 Å². The fourth-order valence-electron chi connectivity index (χ4n) is 0.898. The Hall–Kier alpha value is -0.470. The summed E-state index contributed by atoms with van der Waals surface area (Å²) in [6.07, 6.45) is 0. The first-order valence-electron chi connectivity index (χ1n) is 3.27. The Morgan fingerprint density at radius 3 is 2.67 bits per heavy atom. The zero-order valence-corrected chi connectivity index (χ0v) is 7.92. The molecule has 0 bridgehead atoms.